The average molecular weight is 341 g/mol. The summed E-state index contributed by atoms with van der Waals surface area (Å²) in [5.74, 6) is 0.614. The van der Waals surface area contributed by atoms with E-state index in [1.807, 2.05) is 27.7 Å². The minimum absolute atomic E-state index is 0.0716. The number of piperidine rings is 1. The number of nitrogens with zero attached hydrogens (tertiary/aromatic N) is 4. The molecule has 6 nitrogen and oxygen atoms in total. The number of halogens is 1. The normalized spacial score (nSPS) is 18.7. The van der Waals surface area contributed by atoms with Gasteiger partial charge in [0.05, 0.1) is 6.04 Å². The van der Waals surface area contributed by atoms with Gasteiger partial charge in [-0.3, -0.25) is 0 Å². The van der Waals surface area contributed by atoms with Crippen molar-refractivity contribution in [3.05, 3.63) is 16.9 Å². The molecule has 1 aliphatic heterocycles. The molecule has 0 spiro atoms. The summed E-state index contributed by atoms with van der Waals surface area (Å²) in [6.07, 6.45) is 3.33. The highest BCUT2D eigenvalue weighted by Crippen LogP contribution is 2.22. The van der Waals surface area contributed by atoms with Crippen LogP contribution in [0.15, 0.2) is 6.20 Å². The van der Waals surface area contributed by atoms with Gasteiger partial charge in [0.25, 0.3) is 0 Å². The maximum absolute atomic E-state index is 12.2. The molecule has 7 heteroatoms. The van der Waals surface area contributed by atoms with Gasteiger partial charge in [0.2, 0.25) is 5.95 Å². The molecule has 1 aromatic heterocycles. The Morgan fingerprint density at radius 3 is 2.78 bits per heavy atom. The van der Waals surface area contributed by atoms with Gasteiger partial charge in [-0.1, -0.05) is 11.6 Å². The van der Waals surface area contributed by atoms with Crippen LogP contribution < -0.4 is 4.90 Å². The van der Waals surface area contributed by atoms with Gasteiger partial charge in [-0.25, -0.2) is 14.8 Å². The maximum atomic E-state index is 12.2. The van der Waals surface area contributed by atoms with Gasteiger partial charge in [0, 0.05) is 31.9 Å². The van der Waals surface area contributed by atoms with Crippen LogP contribution in [0.2, 0.25) is 5.15 Å². The number of likely N-dealkylation sites (N-methyl/N-ethyl adjacent to an activating group) is 1. The van der Waals surface area contributed by atoms with Crippen LogP contribution in [-0.2, 0) is 4.74 Å². The van der Waals surface area contributed by atoms with E-state index in [1.54, 1.807) is 18.1 Å². The van der Waals surface area contributed by atoms with Crippen molar-refractivity contribution in [3.63, 3.8) is 0 Å². The molecule has 2 rings (SSSR count). The number of rotatable bonds is 2. The number of carbonyl (C=O) groups is 1. The van der Waals surface area contributed by atoms with Crippen LogP contribution in [0.4, 0.5) is 10.7 Å². The van der Waals surface area contributed by atoms with E-state index in [-0.39, 0.29) is 12.1 Å². The molecule has 0 bridgehead atoms. The van der Waals surface area contributed by atoms with Crippen LogP contribution in [0.25, 0.3) is 0 Å². The van der Waals surface area contributed by atoms with E-state index in [0.717, 1.165) is 24.9 Å². The van der Waals surface area contributed by atoms with Crippen molar-refractivity contribution >= 4 is 23.6 Å². The molecule has 1 atom stereocenters. The topological polar surface area (TPSA) is 58.6 Å². The van der Waals surface area contributed by atoms with Crippen LogP contribution in [0.5, 0.6) is 0 Å². The fourth-order valence-electron chi connectivity index (χ4n) is 2.50. The number of hydrogen-bond acceptors (Lipinski definition) is 5. The van der Waals surface area contributed by atoms with E-state index in [1.165, 1.54) is 0 Å². The Bertz CT molecular complexity index is 574. The zero-order chi connectivity index (χ0) is 17.2. The van der Waals surface area contributed by atoms with Crippen LogP contribution in [0.1, 0.15) is 39.2 Å². The molecule has 0 aromatic carbocycles. The van der Waals surface area contributed by atoms with Crippen molar-refractivity contribution in [3.8, 4) is 0 Å². The molecule has 0 N–H and O–H groups in total. The summed E-state index contributed by atoms with van der Waals surface area (Å²) in [6.45, 7) is 9.02. The third-order valence-electron chi connectivity index (χ3n) is 3.81. The maximum Gasteiger partial charge on any atom is 0.410 e. The second-order valence-electron chi connectivity index (χ2n) is 6.98. The highest BCUT2D eigenvalue weighted by molar-refractivity contribution is 6.30. The molecule has 0 unspecified atom stereocenters. The number of aromatic nitrogens is 2. The zero-order valence-corrected chi connectivity index (χ0v) is 15.2. The lowest BCUT2D eigenvalue weighted by atomic mass is 10.1. The second-order valence-corrected chi connectivity index (χ2v) is 7.34. The van der Waals surface area contributed by atoms with Crippen molar-refractivity contribution in [1.29, 1.82) is 0 Å². The fourth-order valence-corrected chi connectivity index (χ4v) is 2.62. The Balaban J connectivity index is 2.05. The van der Waals surface area contributed by atoms with E-state index in [9.17, 15) is 4.79 Å². The van der Waals surface area contributed by atoms with Gasteiger partial charge in [0.1, 0.15) is 10.8 Å². The summed E-state index contributed by atoms with van der Waals surface area (Å²) in [4.78, 5) is 24.7. The first-order valence-electron chi connectivity index (χ1n) is 7.87. The van der Waals surface area contributed by atoms with Crippen LogP contribution in [0, 0.1) is 6.92 Å². The Kier molecular flexibility index (Phi) is 5.34. The van der Waals surface area contributed by atoms with Gasteiger partial charge in [-0.15, -0.1) is 0 Å². The molecule has 1 fully saturated rings. The predicted molar refractivity (Wildman–Crippen MR) is 91.0 cm³/mol. The molecule has 1 aliphatic rings. The highest BCUT2D eigenvalue weighted by atomic mass is 35.5. The lowest BCUT2D eigenvalue weighted by Crippen LogP contribution is -2.50. The van der Waals surface area contributed by atoms with E-state index < -0.39 is 5.60 Å². The molecule has 0 radical (unpaired) electrons. The zero-order valence-electron chi connectivity index (χ0n) is 14.5. The fraction of sp³-hybridized carbons (Fsp3) is 0.688. The Morgan fingerprint density at radius 1 is 1.48 bits per heavy atom. The minimum Gasteiger partial charge on any atom is -0.444 e. The van der Waals surface area contributed by atoms with Crippen LogP contribution in [0.3, 0.4) is 0 Å². The molecule has 0 saturated carbocycles. The van der Waals surface area contributed by atoms with Crippen molar-refractivity contribution < 1.29 is 9.53 Å². The summed E-state index contributed by atoms with van der Waals surface area (Å²) in [5, 5.41) is 0.470. The number of amides is 1. The van der Waals surface area contributed by atoms with Crippen molar-refractivity contribution in [1.82, 2.24) is 14.9 Å². The molecular formula is C16H25ClN4O2. The SMILES string of the molecule is Cc1cnc(N2CCC[C@H](N(C)C(=O)OC(C)(C)C)C2)nc1Cl. The lowest BCUT2D eigenvalue weighted by molar-refractivity contribution is 0.0209. The van der Waals surface area contributed by atoms with E-state index >= 15 is 0 Å². The molecular weight excluding hydrogens is 316 g/mol. The summed E-state index contributed by atoms with van der Waals surface area (Å²) in [5.41, 5.74) is 0.364. The quantitative estimate of drug-likeness (QED) is 0.773. The smallest absolute Gasteiger partial charge is 0.410 e. The van der Waals surface area contributed by atoms with Crippen molar-refractivity contribution in [2.75, 3.05) is 25.0 Å². The third kappa shape index (κ3) is 4.70. The highest BCUT2D eigenvalue weighted by Gasteiger charge is 2.30. The number of carbonyl (C=O) groups excluding carboxylic acids is 1. The number of hydrogen-bond donors (Lipinski definition) is 0. The van der Waals surface area contributed by atoms with Crippen molar-refractivity contribution in [2.45, 2.75) is 52.2 Å². The minimum atomic E-state index is -0.493. The number of ether oxygens (including phenoxy) is 1. The summed E-state index contributed by atoms with van der Waals surface area (Å²) in [7, 11) is 1.78. The molecule has 1 saturated heterocycles. The molecule has 128 valence electrons. The van der Waals surface area contributed by atoms with Gasteiger partial charge < -0.3 is 14.5 Å². The lowest BCUT2D eigenvalue weighted by Gasteiger charge is -2.38. The third-order valence-corrected chi connectivity index (χ3v) is 4.19. The largest absolute Gasteiger partial charge is 0.444 e. The van der Waals surface area contributed by atoms with Gasteiger partial charge in [-0.2, -0.15) is 0 Å². The molecule has 2 heterocycles. The van der Waals surface area contributed by atoms with Gasteiger partial charge in [0.15, 0.2) is 0 Å². The Morgan fingerprint density at radius 2 is 2.17 bits per heavy atom. The van der Waals surface area contributed by atoms with Gasteiger partial charge >= 0.3 is 6.09 Å². The first-order chi connectivity index (χ1) is 10.7. The first-order valence-corrected chi connectivity index (χ1v) is 8.25. The monoisotopic (exact) mass is 340 g/mol. The van der Waals surface area contributed by atoms with E-state index in [4.69, 9.17) is 16.3 Å². The average Bonchev–Trinajstić information content (AvgIpc) is 2.47. The molecule has 23 heavy (non-hydrogen) atoms. The molecule has 0 aliphatic carbocycles. The van der Waals surface area contributed by atoms with E-state index in [2.05, 4.69) is 14.9 Å². The number of anilines is 1. The van der Waals surface area contributed by atoms with E-state index in [0.29, 0.717) is 17.6 Å². The standard InChI is InChI=1S/C16H25ClN4O2/c1-11-9-18-14(19-13(11)17)21-8-6-7-12(10-21)20(5)15(22)23-16(2,3)4/h9,12H,6-8,10H2,1-5H3/t12-/m0/s1. The molecule has 1 amide bonds. The Labute approximate surface area is 142 Å². The molecule has 1 aromatic rings. The second kappa shape index (κ2) is 6.91. The van der Waals surface area contributed by atoms with Crippen LogP contribution in [-0.4, -0.2) is 52.7 Å². The first kappa shape index (κ1) is 17.8. The predicted octanol–water partition coefficient (Wildman–Crippen LogP) is 3.27. The Hall–Kier alpha value is -1.56. The van der Waals surface area contributed by atoms with Crippen LogP contribution >= 0.6 is 11.6 Å². The number of aryl methyl sites for hydroxylation is 1. The van der Waals surface area contributed by atoms with Crippen molar-refractivity contribution in [2.24, 2.45) is 0 Å². The summed E-state index contributed by atoms with van der Waals surface area (Å²) in [6, 6.07) is 0.0716. The summed E-state index contributed by atoms with van der Waals surface area (Å²) >= 11 is 6.09. The summed E-state index contributed by atoms with van der Waals surface area (Å²) < 4.78 is 5.44. The van der Waals surface area contributed by atoms with Gasteiger partial charge in [-0.05, 0) is 40.5 Å².